The zero-order valence-corrected chi connectivity index (χ0v) is 19.9. The highest BCUT2D eigenvalue weighted by Gasteiger charge is 2.30. The minimum Gasteiger partial charge on any atom is -0.349 e. The summed E-state index contributed by atoms with van der Waals surface area (Å²) in [4.78, 5) is 27.3. The molecule has 9 heteroatoms. The molecule has 2 saturated heterocycles. The smallest absolute Gasteiger partial charge is 0.253 e. The van der Waals surface area contributed by atoms with E-state index in [0.29, 0.717) is 55.7 Å². The number of nitrogens with zero attached hydrogens (tertiary/aromatic N) is 2. The highest BCUT2D eigenvalue weighted by Crippen LogP contribution is 2.25. The van der Waals surface area contributed by atoms with Crippen LogP contribution in [0.4, 0.5) is 0 Å². The minimum atomic E-state index is -3.61. The SMILES string of the molecule is Cc1ccc(C(=O)N2CCC(NC(=O)c3ccsc3)CC2)cc1S(=O)(=O)N1CCCCC1. The molecule has 1 N–H and O–H groups in total. The predicted molar refractivity (Wildman–Crippen MR) is 124 cm³/mol. The van der Waals surface area contributed by atoms with Gasteiger partial charge in [-0.3, -0.25) is 9.59 Å². The normalized spacial score (nSPS) is 18.5. The van der Waals surface area contributed by atoms with Gasteiger partial charge in [-0.2, -0.15) is 15.6 Å². The standard InChI is InChI=1S/C23H29N3O4S2/c1-17-5-6-18(15-21(17)32(29,30)26-10-3-2-4-11-26)23(28)25-12-7-20(8-13-25)24-22(27)19-9-14-31-16-19/h5-6,9,14-16,20H,2-4,7-8,10-13H2,1H3,(H,24,27). The molecule has 0 atom stereocenters. The molecule has 4 rings (SSSR count). The molecule has 0 spiro atoms. The van der Waals surface area contributed by atoms with Gasteiger partial charge in [0.05, 0.1) is 4.90 Å². The van der Waals surface area contributed by atoms with Crippen molar-refractivity contribution in [2.45, 2.75) is 50.0 Å². The van der Waals surface area contributed by atoms with Gasteiger partial charge in [-0.05, 0) is 61.7 Å². The number of aryl methyl sites for hydroxylation is 1. The molecule has 32 heavy (non-hydrogen) atoms. The van der Waals surface area contributed by atoms with Gasteiger partial charge in [0.15, 0.2) is 0 Å². The van der Waals surface area contributed by atoms with E-state index in [0.717, 1.165) is 19.3 Å². The van der Waals surface area contributed by atoms with Crippen molar-refractivity contribution in [3.8, 4) is 0 Å². The van der Waals surface area contributed by atoms with Crippen molar-refractivity contribution >= 4 is 33.2 Å². The average Bonchev–Trinajstić information content (AvgIpc) is 3.35. The van der Waals surface area contributed by atoms with Gasteiger partial charge >= 0.3 is 0 Å². The van der Waals surface area contributed by atoms with Crippen LogP contribution in [0.25, 0.3) is 0 Å². The highest BCUT2D eigenvalue weighted by molar-refractivity contribution is 7.89. The van der Waals surface area contributed by atoms with Crippen molar-refractivity contribution in [3.05, 3.63) is 51.7 Å². The Morgan fingerprint density at radius 1 is 1.00 bits per heavy atom. The van der Waals surface area contributed by atoms with Gasteiger partial charge in [0, 0.05) is 48.7 Å². The summed E-state index contributed by atoms with van der Waals surface area (Å²) in [6, 6.07) is 6.78. The van der Waals surface area contributed by atoms with Crippen LogP contribution in [0.2, 0.25) is 0 Å². The average molecular weight is 476 g/mol. The lowest BCUT2D eigenvalue weighted by Gasteiger charge is -2.32. The van der Waals surface area contributed by atoms with Crippen LogP contribution in [0.5, 0.6) is 0 Å². The zero-order chi connectivity index (χ0) is 22.7. The number of piperidine rings is 2. The third kappa shape index (κ3) is 4.89. The Kier molecular flexibility index (Phi) is 6.97. The monoisotopic (exact) mass is 475 g/mol. The number of hydrogen-bond donors (Lipinski definition) is 1. The first kappa shape index (κ1) is 22.9. The first-order valence-electron chi connectivity index (χ1n) is 11.1. The van der Waals surface area contributed by atoms with Crippen LogP contribution in [-0.2, 0) is 10.0 Å². The van der Waals surface area contributed by atoms with Crippen molar-refractivity contribution in [2.24, 2.45) is 0 Å². The topological polar surface area (TPSA) is 86.8 Å². The van der Waals surface area contributed by atoms with E-state index in [9.17, 15) is 18.0 Å². The predicted octanol–water partition coefficient (Wildman–Crippen LogP) is 3.27. The van der Waals surface area contributed by atoms with Crippen LogP contribution < -0.4 is 5.32 Å². The Morgan fingerprint density at radius 2 is 1.72 bits per heavy atom. The maximum Gasteiger partial charge on any atom is 0.253 e. The number of carbonyl (C=O) groups is 2. The van der Waals surface area contributed by atoms with E-state index in [1.807, 2.05) is 10.8 Å². The molecule has 0 bridgehead atoms. The maximum atomic E-state index is 13.2. The Hall–Kier alpha value is -2.23. The summed E-state index contributed by atoms with van der Waals surface area (Å²) in [7, 11) is -3.61. The van der Waals surface area contributed by atoms with Gasteiger partial charge in [-0.25, -0.2) is 8.42 Å². The van der Waals surface area contributed by atoms with Gasteiger partial charge in [-0.1, -0.05) is 12.5 Å². The summed E-state index contributed by atoms with van der Waals surface area (Å²) in [6.45, 7) is 3.88. The van der Waals surface area contributed by atoms with Crippen molar-refractivity contribution in [3.63, 3.8) is 0 Å². The number of hydrogen-bond acceptors (Lipinski definition) is 5. The summed E-state index contributed by atoms with van der Waals surface area (Å²) in [5, 5.41) is 6.73. The number of amides is 2. The first-order valence-corrected chi connectivity index (χ1v) is 13.5. The van der Waals surface area contributed by atoms with Gasteiger partial charge in [0.1, 0.15) is 0 Å². The van der Waals surface area contributed by atoms with Crippen LogP contribution in [0.15, 0.2) is 39.9 Å². The number of thiophene rings is 1. The van der Waals surface area contributed by atoms with E-state index >= 15 is 0 Å². The molecular formula is C23H29N3O4S2. The molecular weight excluding hydrogens is 446 g/mol. The number of rotatable bonds is 5. The Labute approximate surface area is 193 Å². The number of benzene rings is 1. The molecule has 2 amide bonds. The molecule has 0 unspecified atom stereocenters. The Bertz CT molecular complexity index is 1070. The third-order valence-corrected chi connectivity index (χ3v) is 8.99. The fraction of sp³-hybridized carbons (Fsp3) is 0.478. The van der Waals surface area contributed by atoms with E-state index in [2.05, 4.69) is 5.32 Å². The lowest BCUT2D eigenvalue weighted by Crippen LogP contribution is -2.46. The molecule has 2 aliphatic rings. The summed E-state index contributed by atoms with van der Waals surface area (Å²) in [5.74, 6) is -0.246. The summed E-state index contributed by atoms with van der Waals surface area (Å²) in [5.41, 5.74) is 1.71. The Balaban J connectivity index is 1.42. The van der Waals surface area contributed by atoms with Gasteiger partial charge < -0.3 is 10.2 Å². The fourth-order valence-corrected chi connectivity index (χ4v) is 6.73. The van der Waals surface area contributed by atoms with Gasteiger partial charge in [-0.15, -0.1) is 0 Å². The number of likely N-dealkylation sites (tertiary alicyclic amines) is 1. The first-order chi connectivity index (χ1) is 15.4. The van der Waals surface area contributed by atoms with Gasteiger partial charge in [0.2, 0.25) is 10.0 Å². The summed E-state index contributed by atoms with van der Waals surface area (Å²) >= 11 is 1.49. The van der Waals surface area contributed by atoms with Crippen LogP contribution in [-0.4, -0.2) is 61.7 Å². The molecule has 0 aliphatic carbocycles. The van der Waals surface area contributed by atoms with E-state index in [1.165, 1.54) is 21.7 Å². The van der Waals surface area contributed by atoms with E-state index in [-0.39, 0.29) is 22.8 Å². The van der Waals surface area contributed by atoms with E-state index in [1.54, 1.807) is 30.0 Å². The van der Waals surface area contributed by atoms with E-state index < -0.39 is 10.0 Å². The fourth-order valence-electron chi connectivity index (χ4n) is 4.33. The van der Waals surface area contributed by atoms with Crippen molar-refractivity contribution in [2.75, 3.05) is 26.2 Å². The molecule has 3 heterocycles. The molecule has 0 saturated carbocycles. The maximum absolute atomic E-state index is 13.2. The molecule has 2 fully saturated rings. The summed E-state index contributed by atoms with van der Waals surface area (Å²) in [6.07, 6.45) is 4.13. The quantitative estimate of drug-likeness (QED) is 0.719. The zero-order valence-electron chi connectivity index (χ0n) is 18.2. The summed E-state index contributed by atoms with van der Waals surface area (Å²) < 4.78 is 27.9. The minimum absolute atomic E-state index is 0.0273. The van der Waals surface area contributed by atoms with Crippen LogP contribution >= 0.6 is 11.3 Å². The number of sulfonamides is 1. The molecule has 1 aromatic carbocycles. The second kappa shape index (κ2) is 9.72. The highest BCUT2D eigenvalue weighted by atomic mass is 32.2. The van der Waals surface area contributed by atoms with E-state index in [4.69, 9.17) is 0 Å². The van der Waals surface area contributed by atoms with Gasteiger partial charge in [0.25, 0.3) is 11.8 Å². The lowest BCUT2D eigenvalue weighted by atomic mass is 10.0. The largest absolute Gasteiger partial charge is 0.349 e. The number of carbonyl (C=O) groups excluding carboxylic acids is 2. The molecule has 1 aromatic heterocycles. The van der Waals surface area contributed by atoms with Crippen molar-refractivity contribution in [1.82, 2.24) is 14.5 Å². The molecule has 2 aromatic rings. The lowest BCUT2D eigenvalue weighted by molar-refractivity contribution is 0.0698. The van der Waals surface area contributed by atoms with Crippen LogP contribution in [0, 0.1) is 6.92 Å². The molecule has 0 radical (unpaired) electrons. The molecule has 7 nitrogen and oxygen atoms in total. The Morgan fingerprint density at radius 3 is 2.38 bits per heavy atom. The molecule has 2 aliphatic heterocycles. The van der Waals surface area contributed by atoms with Crippen LogP contribution in [0.3, 0.4) is 0 Å². The van der Waals surface area contributed by atoms with Crippen LogP contribution in [0.1, 0.15) is 58.4 Å². The third-order valence-electron chi connectivity index (χ3n) is 6.27. The second-order valence-corrected chi connectivity index (χ2v) is 11.2. The van der Waals surface area contributed by atoms with Crippen molar-refractivity contribution < 1.29 is 18.0 Å². The second-order valence-electron chi connectivity index (χ2n) is 8.50. The number of nitrogens with one attached hydrogen (secondary N) is 1. The van der Waals surface area contributed by atoms with Crippen molar-refractivity contribution in [1.29, 1.82) is 0 Å². The molecule has 172 valence electrons.